The number of carbonyl (C=O) groups is 1. The van der Waals surface area contributed by atoms with Crippen LogP contribution in [0.2, 0.25) is 0 Å². The molecule has 0 fully saturated rings. The molecule has 0 aliphatic carbocycles. The van der Waals surface area contributed by atoms with Gasteiger partial charge in [-0.05, 0) is 44.9 Å². The second-order valence-corrected chi connectivity index (χ2v) is 15.1. The van der Waals surface area contributed by atoms with Crippen molar-refractivity contribution in [3.05, 3.63) is 24.3 Å². The number of rotatable bonds is 32. The lowest BCUT2D eigenvalue weighted by molar-refractivity contribution is -0.870. The molecule has 0 rings (SSSR count). The second kappa shape index (κ2) is 29.1. The molecule has 0 saturated heterocycles. The molecule has 8 nitrogen and oxygen atoms in total. The molecule has 0 aliphatic heterocycles. The van der Waals surface area contributed by atoms with Gasteiger partial charge in [0.25, 0.3) is 0 Å². The van der Waals surface area contributed by atoms with E-state index in [2.05, 4.69) is 43.5 Å². The van der Waals surface area contributed by atoms with Crippen LogP contribution < -0.4 is 5.32 Å². The topological polar surface area (TPSA) is 105 Å². The molecule has 0 aromatic carbocycles. The summed E-state index contributed by atoms with van der Waals surface area (Å²) in [6.07, 6.45) is 30.8. The van der Waals surface area contributed by atoms with Gasteiger partial charge in [0.05, 0.1) is 39.9 Å². The average molecular weight is 660 g/mol. The predicted molar refractivity (Wildman–Crippen MR) is 189 cm³/mol. The molecule has 3 unspecified atom stereocenters. The molecule has 0 heterocycles. The summed E-state index contributed by atoms with van der Waals surface area (Å²) in [6, 6.07) is -0.758. The van der Waals surface area contributed by atoms with E-state index < -0.39 is 20.0 Å². The fourth-order valence-corrected chi connectivity index (χ4v) is 5.69. The first kappa shape index (κ1) is 44.0. The van der Waals surface area contributed by atoms with Gasteiger partial charge in [0.2, 0.25) is 5.91 Å². The standard InChI is InChI=1S/C36H71N2O6P/c1-6-8-10-12-14-15-16-17-18-19-20-21-22-23-24-26-28-30-36(40)37-34(35(39)29-27-25-13-11-9-7-2)33-44-45(41,42)43-32-31-38(3,4)5/h14-15,17-18,34-35,39H,6-13,16,19-33H2,1-5H3,(H-,37,40,41,42)/p+1/b15-14-,18-17-. The van der Waals surface area contributed by atoms with Crippen LogP contribution in [0.3, 0.4) is 0 Å². The van der Waals surface area contributed by atoms with Crippen molar-refractivity contribution in [1.29, 1.82) is 0 Å². The maximum Gasteiger partial charge on any atom is 0.472 e. The van der Waals surface area contributed by atoms with E-state index in [1.165, 1.54) is 70.6 Å². The Morgan fingerprint density at radius 2 is 1.27 bits per heavy atom. The summed E-state index contributed by atoms with van der Waals surface area (Å²) in [7, 11) is 1.60. The zero-order chi connectivity index (χ0) is 33.7. The van der Waals surface area contributed by atoms with E-state index in [1.807, 2.05) is 21.1 Å². The minimum atomic E-state index is -4.29. The van der Waals surface area contributed by atoms with Crippen molar-refractivity contribution in [2.24, 2.45) is 0 Å². The maximum absolute atomic E-state index is 12.7. The molecule has 0 aliphatic rings. The zero-order valence-corrected chi connectivity index (χ0v) is 30.8. The van der Waals surface area contributed by atoms with Crippen molar-refractivity contribution in [3.8, 4) is 0 Å². The van der Waals surface area contributed by atoms with Gasteiger partial charge in [-0.2, -0.15) is 0 Å². The number of likely N-dealkylation sites (N-methyl/N-ethyl adjacent to an activating group) is 1. The van der Waals surface area contributed by atoms with Crippen molar-refractivity contribution in [2.45, 2.75) is 161 Å². The number of phosphoric ester groups is 1. The van der Waals surface area contributed by atoms with E-state index in [1.54, 1.807) is 0 Å². The summed E-state index contributed by atoms with van der Waals surface area (Å²) >= 11 is 0. The Bertz CT molecular complexity index is 799. The number of allylic oxidation sites excluding steroid dienone is 4. The van der Waals surface area contributed by atoms with Gasteiger partial charge in [-0.3, -0.25) is 13.8 Å². The Hall–Kier alpha value is -1.02. The molecular formula is C36H72N2O6P+. The third-order valence-corrected chi connectivity index (χ3v) is 8.94. The summed E-state index contributed by atoms with van der Waals surface area (Å²) in [5, 5.41) is 13.7. The summed E-state index contributed by atoms with van der Waals surface area (Å²) in [6.45, 7) is 4.76. The first-order valence-corrected chi connectivity index (χ1v) is 19.7. The molecule has 3 N–H and O–H groups in total. The molecule has 0 aromatic heterocycles. The number of phosphoric acid groups is 1. The number of quaternary nitrogens is 1. The molecule has 9 heteroatoms. The number of aliphatic hydroxyl groups excluding tert-OH is 1. The predicted octanol–water partition coefficient (Wildman–Crippen LogP) is 9.02. The van der Waals surface area contributed by atoms with E-state index in [0.717, 1.165) is 51.4 Å². The van der Waals surface area contributed by atoms with Crippen LogP contribution in [0.1, 0.15) is 149 Å². The van der Waals surface area contributed by atoms with Gasteiger partial charge in [0.15, 0.2) is 0 Å². The van der Waals surface area contributed by atoms with E-state index in [0.29, 0.717) is 23.9 Å². The molecule has 0 aromatic rings. The minimum Gasteiger partial charge on any atom is -0.391 e. The highest BCUT2D eigenvalue weighted by atomic mass is 31.2. The third kappa shape index (κ3) is 31.4. The lowest BCUT2D eigenvalue weighted by Gasteiger charge is -2.26. The first-order chi connectivity index (χ1) is 21.5. The monoisotopic (exact) mass is 660 g/mol. The Balaban J connectivity index is 4.33. The van der Waals surface area contributed by atoms with Gasteiger partial charge >= 0.3 is 7.82 Å². The highest BCUT2D eigenvalue weighted by molar-refractivity contribution is 7.47. The number of aliphatic hydroxyl groups is 1. The van der Waals surface area contributed by atoms with E-state index in [-0.39, 0.29) is 19.1 Å². The van der Waals surface area contributed by atoms with Crippen molar-refractivity contribution in [2.75, 3.05) is 40.9 Å². The smallest absolute Gasteiger partial charge is 0.391 e. The fourth-order valence-electron chi connectivity index (χ4n) is 4.96. The van der Waals surface area contributed by atoms with E-state index in [4.69, 9.17) is 9.05 Å². The number of hydrogen-bond acceptors (Lipinski definition) is 5. The number of amides is 1. The summed E-state index contributed by atoms with van der Waals surface area (Å²) in [5.41, 5.74) is 0. The maximum atomic E-state index is 12.7. The number of nitrogens with one attached hydrogen (secondary N) is 1. The largest absolute Gasteiger partial charge is 0.472 e. The summed E-state index contributed by atoms with van der Waals surface area (Å²) < 4.78 is 23.4. The second-order valence-electron chi connectivity index (χ2n) is 13.6. The molecule has 266 valence electrons. The normalized spacial score (nSPS) is 15.1. The number of unbranched alkanes of at least 4 members (excludes halogenated alkanes) is 15. The third-order valence-electron chi connectivity index (χ3n) is 7.95. The molecule has 0 spiro atoms. The van der Waals surface area contributed by atoms with Crippen LogP contribution in [-0.4, -0.2) is 73.4 Å². The Kier molecular flexibility index (Phi) is 28.5. The van der Waals surface area contributed by atoms with Crippen LogP contribution in [0, 0.1) is 0 Å². The number of hydrogen-bond donors (Lipinski definition) is 3. The van der Waals surface area contributed by atoms with Crippen LogP contribution in [0.15, 0.2) is 24.3 Å². The summed E-state index contributed by atoms with van der Waals surface area (Å²) in [5.74, 6) is -0.160. The van der Waals surface area contributed by atoms with Crippen molar-refractivity contribution in [1.82, 2.24) is 5.32 Å². The van der Waals surface area contributed by atoms with Gasteiger partial charge in [-0.1, -0.05) is 122 Å². The van der Waals surface area contributed by atoms with Crippen LogP contribution in [-0.2, 0) is 18.4 Å². The average Bonchev–Trinajstić information content (AvgIpc) is 2.97. The lowest BCUT2D eigenvalue weighted by Crippen LogP contribution is -2.46. The Morgan fingerprint density at radius 3 is 1.87 bits per heavy atom. The molecular weight excluding hydrogens is 587 g/mol. The van der Waals surface area contributed by atoms with Crippen molar-refractivity contribution in [3.63, 3.8) is 0 Å². The van der Waals surface area contributed by atoms with Gasteiger partial charge in [0.1, 0.15) is 13.2 Å². The lowest BCUT2D eigenvalue weighted by atomic mass is 10.0. The number of carbonyl (C=O) groups excluding carboxylic acids is 1. The first-order valence-electron chi connectivity index (χ1n) is 18.2. The van der Waals surface area contributed by atoms with Gasteiger partial charge in [-0.15, -0.1) is 0 Å². The van der Waals surface area contributed by atoms with Crippen LogP contribution >= 0.6 is 7.82 Å². The molecule has 45 heavy (non-hydrogen) atoms. The molecule has 1 amide bonds. The Morgan fingerprint density at radius 1 is 0.756 bits per heavy atom. The fraction of sp³-hybridized carbons (Fsp3) is 0.861. The molecule has 3 atom stereocenters. The number of nitrogens with zero attached hydrogens (tertiary/aromatic N) is 1. The van der Waals surface area contributed by atoms with E-state index >= 15 is 0 Å². The van der Waals surface area contributed by atoms with Crippen molar-refractivity contribution < 1.29 is 32.9 Å². The van der Waals surface area contributed by atoms with Crippen molar-refractivity contribution >= 4 is 13.7 Å². The van der Waals surface area contributed by atoms with Gasteiger partial charge < -0.3 is 19.8 Å². The highest BCUT2D eigenvalue weighted by Crippen LogP contribution is 2.43. The van der Waals surface area contributed by atoms with Gasteiger partial charge in [0, 0.05) is 6.42 Å². The molecule has 0 radical (unpaired) electrons. The highest BCUT2D eigenvalue weighted by Gasteiger charge is 2.28. The SMILES string of the molecule is CCCCC/C=C\C/C=C\CCCCCCCCCC(=O)NC(COP(=O)(O)OCC[N+](C)(C)C)C(O)CCCCCCCC. The Labute approximate surface area is 277 Å². The minimum absolute atomic E-state index is 0.0722. The van der Waals surface area contributed by atoms with E-state index in [9.17, 15) is 19.4 Å². The molecule has 0 saturated carbocycles. The van der Waals surface area contributed by atoms with Crippen LogP contribution in [0.25, 0.3) is 0 Å². The van der Waals surface area contributed by atoms with Gasteiger partial charge in [-0.25, -0.2) is 4.57 Å². The van der Waals surface area contributed by atoms with Crippen LogP contribution in [0.4, 0.5) is 0 Å². The summed E-state index contributed by atoms with van der Waals surface area (Å²) in [4.78, 5) is 22.9. The zero-order valence-electron chi connectivity index (χ0n) is 29.9. The van der Waals surface area contributed by atoms with Crippen LogP contribution in [0.5, 0.6) is 0 Å². The molecule has 0 bridgehead atoms. The quantitative estimate of drug-likeness (QED) is 0.0288.